The molecule has 5 rings (SSSR count). The minimum absolute atomic E-state index is 0.117. The van der Waals surface area contributed by atoms with Crippen molar-refractivity contribution in [3.63, 3.8) is 0 Å². The highest BCUT2D eigenvalue weighted by atomic mass is 16.5. The van der Waals surface area contributed by atoms with Crippen LogP contribution in [0.2, 0.25) is 0 Å². The Hall–Kier alpha value is -4.13. The molecular formula is C32H34N2O5. The van der Waals surface area contributed by atoms with E-state index in [1.165, 1.54) is 4.90 Å². The number of nitrogens with one attached hydrogen (secondary N) is 1. The Morgan fingerprint density at radius 3 is 2.31 bits per heavy atom. The number of aryl methyl sites for hydroxylation is 1. The maximum atomic E-state index is 14.1. The molecule has 0 radical (unpaired) electrons. The molecule has 1 fully saturated rings. The van der Waals surface area contributed by atoms with Gasteiger partial charge in [0.25, 0.3) is 5.91 Å². The van der Waals surface area contributed by atoms with Crippen molar-refractivity contribution in [2.45, 2.75) is 64.3 Å². The van der Waals surface area contributed by atoms with E-state index in [0.29, 0.717) is 17.9 Å². The van der Waals surface area contributed by atoms with Gasteiger partial charge in [0.15, 0.2) is 0 Å². The van der Waals surface area contributed by atoms with Crippen molar-refractivity contribution in [3.8, 4) is 5.75 Å². The third-order valence-electron chi connectivity index (χ3n) is 7.86. The molecule has 202 valence electrons. The lowest BCUT2D eigenvalue weighted by atomic mass is 9.90. The summed E-state index contributed by atoms with van der Waals surface area (Å²) < 4.78 is 6.22. The largest absolute Gasteiger partial charge is 0.488 e. The van der Waals surface area contributed by atoms with Crippen molar-refractivity contribution in [2.24, 2.45) is 5.92 Å². The Morgan fingerprint density at radius 1 is 0.974 bits per heavy atom. The molecule has 1 saturated carbocycles. The molecule has 2 atom stereocenters. The van der Waals surface area contributed by atoms with E-state index in [-0.39, 0.29) is 24.8 Å². The first-order valence-corrected chi connectivity index (χ1v) is 13.6. The van der Waals surface area contributed by atoms with Crippen molar-refractivity contribution in [3.05, 3.63) is 101 Å². The number of carboxylic acid groups (broad SMARTS) is 1. The van der Waals surface area contributed by atoms with Crippen molar-refractivity contribution >= 4 is 17.8 Å². The summed E-state index contributed by atoms with van der Waals surface area (Å²) in [6.45, 7) is 2.43. The van der Waals surface area contributed by atoms with Gasteiger partial charge in [0.2, 0.25) is 5.91 Å². The molecule has 2 N–H and O–H groups in total. The van der Waals surface area contributed by atoms with E-state index in [2.05, 4.69) is 5.32 Å². The number of amides is 2. The average molecular weight is 527 g/mol. The van der Waals surface area contributed by atoms with Gasteiger partial charge in [-0.1, -0.05) is 85.6 Å². The second-order valence-electron chi connectivity index (χ2n) is 10.5. The first-order valence-electron chi connectivity index (χ1n) is 13.6. The van der Waals surface area contributed by atoms with E-state index >= 15 is 0 Å². The SMILES string of the molecule is Cc1ccc2c(c1OCc1ccccc1)CC(C(=O)O)N(C(=O)C(NC(=O)C1CCCC1)c1ccccc1)C2. The van der Waals surface area contributed by atoms with E-state index in [0.717, 1.165) is 47.9 Å². The van der Waals surface area contributed by atoms with Crippen LogP contribution in [0.15, 0.2) is 72.8 Å². The topological polar surface area (TPSA) is 95.9 Å². The number of carbonyl (C=O) groups is 3. The Bertz CT molecular complexity index is 1340. The molecule has 3 aromatic rings. The van der Waals surface area contributed by atoms with Crippen molar-refractivity contribution < 1.29 is 24.2 Å². The summed E-state index contributed by atoms with van der Waals surface area (Å²) in [6.07, 6.45) is 3.74. The number of hydrogen-bond donors (Lipinski definition) is 2. The summed E-state index contributed by atoms with van der Waals surface area (Å²) in [7, 11) is 0. The minimum Gasteiger partial charge on any atom is -0.488 e. The molecule has 1 heterocycles. The summed E-state index contributed by atoms with van der Waals surface area (Å²) in [6, 6.07) is 20.7. The molecule has 0 spiro atoms. The zero-order chi connectivity index (χ0) is 27.4. The van der Waals surface area contributed by atoms with E-state index in [4.69, 9.17) is 4.74 Å². The molecule has 3 aromatic carbocycles. The third-order valence-corrected chi connectivity index (χ3v) is 7.86. The molecule has 7 heteroatoms. The van der Waals surface area contributed by atoms with Crippen molar-refractivity contribution in [1.82, 2.24) is 10.2 Å². The van der Waals surface area contributed by atoms with Gasteiger partial charge in [-0.15, -0.1) is 0 Å². The zero-order valence-electron chi connectivity index (χ0n) is 22.1. The molecule has 0 bridgehead atoms. The lowest BCUT2D eigenvalue weighted by Crippen LogP contribution is -2.53. The second kappa shape index (κ2) is 11.7. The van der Waals surface area contributed by atoms with Crippen LogP contribution >= 0.6 is 0 Å². The quantitative estimate of drug-likeness (QED) is 0.433. The smallest absolute Gasteiger partial charge is 0.326 e. The fourth-order valence-corrected chi connectivity index (χ4v) is 5.68. The highest BCUT2D eigenvalue weighted by Crippen LogP contribution is 2.36. The van der Waals surface area contributed by atoms with E-state index in [9.17, 15) is 19.5 Å². The number of carboxylic acids is 1. The van der Waals surface area contributed by atoms with Crippen LogP contribution in [0, 0.1) is 12.8 Å². The number of hydrogen-bond acceptors (Lipinski definition) is 4. The fourth-order valence-electron chi connectivity index (χ4n) is 5.68. The normalized spacial score (nSPS) is 17.8. The second-order valence-corrected chi connectivity index (χ2v) is 10.5. The Balaban J connectivity index is 1.44. The zero-order valence-corrected chi connectivity index (χ0v) is 22.1. The summed E-state index contributed by atoms with van der Waals surface area (Å²) >= 11 is 0. The lowest BCUT2D eigenvalue weighted by molar-refractivity contribution is -0.153. The first-order chi connectivity index (χ1) is 18.9. The summed E-state index contributed by atoms with van der Waals surface area (Å²) in [5.41, 5.74) is 4.23. The number of fused-ring (bicyclic) bond motifs is 1. The number of benzene rings is 3. The summed E-state index contributed by atoms with van der Waals surface area (Å²) in [5.74, 6) is -1.10. The van der Waals surface area contributed by atoms with Gasteiger partial charge in [-0.05, 0) is 42.0 Å². The monoisotopic (exact) mass is 526 g/mol. The van der Waals surface area contributed by atoms with Gasteiger partial charge in [0.1, 0.15) is 24.4 Å². The van der Waals surface area contributed by atoms with Gasteiger partial charge in [-0.3, -0.25) is 9.59 Å². The number of carbonyl (C=O) groups excluding carboxylic acids is 2. The number of rotatable bonds is 8. The molecule has 7 nitrogen and oxygen atoms in total. The Labute approximate surface area is 228 Å². The molecule has 2 aliphatic rings. The van der Waals surface area contributed by atoms with Crippen LogP contribution in [0.3, 0.4) is 0 Å². The molecule has 1 aliphatic carbocycles. The van der Waals surface area contributed by atoms with Gasteiger partial charge < -0.3 is 20.1 Å². The third kappa shape index (κ3) is 5.82. The molecule has 39 heavy (non-hydrogen) atoms. The number of aliphatic carboxylic acids is 1. The minimum atomic E-state index is -1.08. The van der Waals surface area contributed by atoms with Crippen LogP contribution in [0.4, 0.5) is 0 Å². The van der Waals surface area contributed by atoms with Crippen LogP contribution in [-0.2, 0) is 34.0 Å². The van der Waals surface area contributed by atoms with Crippen LogP contribution in [0.5, 0.6) is 5.75 Å². The van der Waals surface area contributed by atoms with E-state index < -0.39 is 24.0 Å². The first kappa shape index (κ1) is 26.5. The molecular weight excluding hydrogens is 492 g/mol. The van der Waals surface area contributed by atoms with Crippen LogP contribution in [-0.4, -0.2) is 33.8 Å². The summed E-state index contributed by atoms with van der Waals surface area (Å²) in [5, 5.41) is 13.2. The van der Waals surface area contributed by atoms with Gasteiger partial charge in [0.05, 0.1) is 0 Å². The van der Waals surface area contributed by atoms with Crippen LogP contribution in [0.1, 0.15) is 59.5 Å². The fraction of sp³-hybridized carbons (Fsp3) is 0.344. The maximum absolute atomic E-state index is 14.1. The van der Waals surface area contributed by atoms with Crippen LogP contribution in [0.25, 0.3) is 0 Å². The Kier molecular flexibility index (Phi) is 7.96. The van der Waals surface area contributed by atoms with E-state index in [1.807, 2.05) is 67.6 Å². The van der Waals surface area contributed by atoms with Crippen molar-refractivity contribution in [1.29, 1.82) is 0 Å². The standard InChI is InChI=1S/C32H34N2O5/c1-21-16-17-25-19-34(27(32(37)38)18-26(25)29(21)39-20-22-10-4-2-5-11-22)31(36)28(23-12-6-3-7-13-23)33-30(35)24-14-8-9-15-24/h2-7,10-13,16-17,24,27-28H,8-9,14-15,18-20H2,1H3,(H,33,35)(H,37,38). The van der Waals surface area contributed by atoms with E-state index in [1.54, 1.807) is 12.1 Å². The molecule has 2 unspecified atom stereocenters. The number of nitrogens with zero attached hydrogens (tertiary/aromatic N) is 1. The maximum Gasteiger partial charge on any atom is 0.326 e. The lowest BCUT2D eigenvalue weighted by Gasteiger charge is -2.37. The molecule has 2 amide bonds. The van der Waals surface area contributed by atoms with Gasteiger partial charge in [-0.25, -0.2) is 4.79 Å². The van der Waals surface area contributed by atoms with Gasteiger partial charge >= 0.3 is 5.97 Å². The Morgan fingerprint density at radius 2 is 1.64 bits per heavy atom. The van der Waals surface area contributed by atoms with Crippen molar-refractivity contribution in [2.75, 3.05) is 0 Å². The van der Waals surface area contributed by atoms with Gasteiger partial charge in [-0.2, -0.15) is 0 Å². The average Bonchev–Trinajstić information content (AvgIpc) is 3.51. The summed E-state index contributed by atoms with van der Waals surface area (Å²) in [4.78, 5) is 41.1. The van der Waals surface area contributed by atoms with Crippen LogP contribution < -0.4 is 10.1 Å². The van der Waals surface area contributed by atoms with Gasteiger partial charge in [0, 0.05) is 24.4 Å². The highest BCUT2D eigenvalue weighted by molar-refractivity contribution is 5.92. The predicted octanol–water partition coefficient (Wildman–Crippen LogP) is 4.96. The number of ether oxygens (including phenoxy) is 1. The molecule has 0 aromatic heterocycles. The molecule has 1 aliphatic heterocycles. The highest BCUT2D eigenvalue weighted by Gasteiger charge is 2.40. The molecule has 0 saturated heterocycles. The predicted molar refractivity (Wildman–Crippen MR) is 147 cm³/mol.